The molecule has 1 aromatic heterocycles. The van der Waals surface area contributed by atoms with Gasteiger partial charge < -0.3 is 10.6 Å². The summed E-state index contributed by atoms with van der Waals surface area (Å²) in [4.78, 5) is 8.35. The van der Waals surface area contributed by atoms with Crippen molar-refractivity contribution in [2.75, 3.05) is 24.2 Å². The zero-order chi connectivity index (χ0) is 12.1. The molecule has 1 fully saturated rings. The van der Waals surface area contributed by atoms with Crippen molar-refractivity contribution in [3.63, 3.8) is 0 Å². The van der Waals surface area contributed by atoms with Gasteiger partial charge in [-0.05, 0) is 18.3 Å². The van der Waals surface area contributed by atoms with Crippen LogP contribution in [0.3, 0.4) is 0 Å². The average Bonchev–Trinajstić information content (AvgIpc) is 2.38. The van der Waals surface area contributed by atoms with Crippen LogP contribution in [-0.2, 0) is 0 Å². The molecule has 0 bridgehead atoms. The summed E-state index contributed by atoms with van der Waals surface area (Å²) in [6.45, 7) is 3.38. The molecule has 0 saturated heterocycles. The van der Waals surface area contributed by atoms with E-state index in [1.807, 2.05) is 13.1 Å². The molecule has 1 aromatic rings. The highest BCUT2D eigenvalue weighted by atomic mass is 15.1. The zero-order valence-corrected chi connectivity index (χ0v) is 10.8. The number of nitrogens with one attached hydrogen (secondary N) is 2. The lowest BCUT2D eigenvalue weighted by Gasteiger charge is -2.33. The standard InChI is InChI=1S/C13H22N4/c1-13(6-4-3-5-7-13)9-15-12-8-11(14-2)16-10-17-12/h8,10H,3-7,9H2,1-2H3,(H2,14,15,16,17). The van der Waals surface area contributed by atoms with Gasteiger partial charge in [0.15, 0.2) is 0 Å². The molecule has 0 aromatic carbocycles. The van der Waals surface area contributed by atoms with E-state index in [-0.39, 0.29) is 0 Å². The van der Waals surface area contributed by atoms with Gasteiger partial charge in [-0.15, -0.1) is 0 Å². The second-order valence-electron chi connectivity index (χ2n) is 5.26. The molecule has 4 heteroatoms. The average molecular weight is 234 g/mol. The number of aromatic nitrogens is 2. The van der Waals surface area contributed by atoms with Gasteiger partial charge in [-0.2, -0.15) is 0 Å². The van der Waals surface area contributed by atoms with Crippen LogP contribution in [0.15, 0.2) is 12.4 Å². The summed E-state index contributed by atoms with van der Waals surface area (Å²) in [6, 6.07) is 1.95. The normalized spacial score (nSPS) is 18.7. The van der Waals surface area contributed by atoms with Crippen LogP contribution in [0.25, 0.3) is 0 Å². The van der Waals surface area contributed by atoms with Crippen molar-refractivity contribution in [2.24, 2.45) is 5.41 Å². The van der Waals surface area contributed by atoms with Crippen LogP contribution in [0.5, 0.6) is 0 Å². The van der Waals surface area contributed by atoms with E-state index in [1.54, 1.807) is 6.33 Å². The Morgan fingerprint density at radius 3 is 2.59 bits per heavy atom. The van der Waals surface area contributed by atoms with E-state index in [4.69, 9.17) is 0 Å². The van der Waals surface area contributed by atoms with Crippen molar-refractivity contribution in [2.45, 2.75) is 39.0 Å². The summed E-state index contributed by atoms with van der Waals surface area (Å²) in [5, 5.41) is 6.46. The third-order valence-electron chi connectivity index (χ3n) is 3.68. The maximum absolute atomic E-state index is 4.24. The Bertz CT molecular complexity index is 358. The summed E-state index contributed by atoms with van der Waals surface area (Å²) in [6.07, 6.45) is 8.37. The quantitative estimate of drug-likeness (QED) is 0.841. The predicted octanol–water partition coefficient (Wildman–Crippen LogP) is 2.90. The summed E-state index contributed by atoms with van der Waals surface area (Å²) in [7, 11) is 1.87. The highest BCUT2D eigenvalue weighted by Gasteiger charge is 2.26. The molecule has 2 rings (SSSR count). The molecule has 17 heavy (non-hydrogen) atoms. The molecule has 1 aliphatic carbocycles. The number of hydrogen-bond acceptors (Lipinski definition) is 4. The van der Waals surface area contributed by atoms with Gasteiger partial charge >= 0.3 is 0 Å². The molecule has 0 unspecified atom stereocenters. The lowest BCUT2D eigenvalue weighted by atomic mass is 9.76. The highest BCUT2D eigenvalue weighted by molar-refractivity contribution is 5.45. The molecule has 0 aliphatic heterocycles. The smallest absolute Gasteiger partial charge is 0.131 e. The minimum atomic E-state index is 0.434. The van der Waals surface area contributed by atoms with Crippen molar-refractivity contribution in [3.8, 4) is 0 Å². The van der Waals surface area contributed by atoms with Crippen LogP contribution < -0.4 is 10.6 Å². The summed E-state index contributed by atoms with van der Waals surface area (Å²) in [5.74, 6) is 1.77. The lowest BCUT2D eigenvalue weighted by molar-refractivity contribution is 0.233. The number of nitrogens with zero attached hydrogens (tertiary/aromatic N) is 2. The molecule has 0 spiro atoms. The Morgan fingerprint density at radius 2 is 1.88 bits per heavy atom. The van der Waals surface area contributed by atoms with Crippen LogP contribution in [0, 0.1) is 5.41 Å². The fourth-order valence-corrected chi connectivity index (χ4v) is 2.48. The van der Waals surface area contributed by atoms with Crippen molar-refractivity contribution >= 4 is 11.6 Å². The first-order valence-electron chi connectivity index (χ1n) is 6.46. The molecular formula is C13H22N4. The molecule has 1 saturated carbocycles. The van der Waals surface area contributed by atoms with E-state index in [1.165, 1.54) is 32.1 Å². The fraction of sp³-hybridized carbons (Fsp3) is 0.692. The van der Waals surface area contributed by atoms with Gasteiger partial charge in [0, 0.05) is 19.7 Å². The Labute approximate surface area is 103 Å². The van der Waals surface area contributed by atoms with Crippen LogP contribution in [0.1, 0.15) is 39.0 Å². The van der Waals surface area contributed by atoms with Crippen LogP contribution in [0.4, 0.5) is 11.6 Å². The van der Waals surface area contributed by atoms with Gasteiger partial charge in [0.05, 0.1) is 0 Å². The van der Waals surface area contributed by atoms with Crippen LogP contribution in [-0.4, -0.2) is 23.6 Å². The van der Waals surface area contributed by atoms with Crippen molar-refractivity contribution in [1.82, 2.24) is 9.97 Å². The molecule has 2 N–H and O–H groups in total. The van der Waals surface area contributed by atoms with Gasteiger partial charge in [-0.3, -0.25) is 0 Å². The van der Waals surface area contributed by atoms with Gasteiger partial charge in [0.25, 0.3) is 0 Å². The molecule has 1 heterocycles. The monoisotopic (exact) mass is 234 g/mol. The van der Waals surface area contributed by atoms with E-state index < -0.39 is 0 Å². The number of rotatable bonds is 4. The Hall–Kier alpha value is -1.32. The molecule has 0 radical (unpaired) electrons. The van der Waals surface area contributed by atoms with Gasteiger partial charge in [-0.1, -0.05) is 26.2 Å². The minimum Gasteiger partial charge on any atom is -0.373 e. The molecular weight excluding hydrogens is 212 g/mol. The van der Waals surface area contributed by atoms with Crippen molar-refractivity contribution in [1.29, 1.82) is 0 Å². The molecule has 94 valence electrons. The summed E-state index contributed by atoms with van der Waals surface area (Å²) in [5.41, 5.74) is 0.434. The Kier molecular flexibility index (Phi) is 3.82. The minimum absolute atomic E-state index is 0.434. The van der Waals surface area contributed by atoms with Crippen molar-refractivity contribution in [3.05, 3.63) is 12.4 Å². The molecule has 4 nitrogen and oxygen atoms in total. The number of hydrogen-bond donors (Lipinski definition) is 2. The van der Waals surface area contributed by atoms with Gasteiger partial charge in [0.2, 0.25) is 0 Å². The first-order chi connectivity index (χ1) is 8.22. The highest BCUT2D eigenvalue weighted by Crippen LogP contribution is 2.35. The zero-order valence-electron chi connectivity index (χ0n) is 10.8. The fourth-order valence-electron chi connectivity index (χ4n) is 2.48. The second kappa shape index (κ2) is 5.34. The van der Waals surface area contributed by atoms with E-state index >= 15 is 0 Å². The first kappa shape index (κ1) is 12.1. The lowest BCUT2D eigenvalue weighted by Crippen LogP contribution is -2.29. The SMILES string of the molecule is CNc1cc(NCC2(C)CCCCC2)ncn1. The Balaban J connectivity index is 1.92. The topological polar surface area (TPSA) is 49.8 Å². The molecule has 0 amide bonds. The Morgan fingerprint density at radius 1 is 1.18 bits per heavy atom. The van der Waals surface area contributed by atoms with Gasteiger partial charge in [0.1, 0.15) is 18.0 Å². The third-order valence-corrected chi connectivity index (χ3v) is 3.68. The summed E-state index contributed by atoms with van der Waals surface area (Å²) < 4.78 is 0. The van der Waals surface area contributed by atoms with E-state index in [0.717, 1.165) is 18.2 Å². The van der Waals surface area contributed by atoms with Gasteiger partial charge in [-0.25, -0.2) is 9.97 Å². The second-order valence-corrected chi connectivity index (χ2v) is 5.26. The largest absolute Gasteiger partial charge is 0.373 e. The summed E-state index contributed by atoms with van der Waals surface area (Å²) >= 11 is 0. The van der Waals surface area contributed by atoms with E-state index in [0.29, 0.717) is 5.41 Å². The number of anilines is 2. The maximum atomic E-state index is 4.24. The first-order valence-corrected chi connectivity index (χ1v) is 6.46. The molecule has 1 aliphatic rings. The van der Waals surface area contributed by atoms with Crippen molar-refractivity contribution < 1.29 is 0 Å². The maximum Gasteiger partial charge on any atom is 0.131 e. The van der Waals surface area contributed by atoms with E-state index in [2.05, 4.69) is 27.5 Å². The van der Waals surface area contributed by atoms with Crippen LogP contribution in [0.2, 0.25) is 0 Å². The van der Waals surface area contributed by atoms with Crippen LogP contribution >= 0.6 is 0 Å². The predicted molar refractivity (Wildman–Crippen MR) is 71.3 cm³/mol. The third kappa shape index (κ3) is 3.32. The molecule has 0 atom stereocenters. The van der Waals surface area contributed by atoms with E-state index in [9.17, 15) is 0 Å².